The van der Waals surface area contributed by atoms with Gasteiger partial charge in [0, 0.05) is 17.8 Å². The summed E-state index contributed by atoms with van der Waals surface area (Å²) in [5.41, 5.74) is 0. The number of para-hydroxylation sites is 1. The van der Waals surface area contributed by atoms with E-state index in [1.54, 1.807) is 0 Å². The van der Waals surface area contributed by atoms with E-state index in [-0.39, 0.29) is 0 Å². The van der Waals surface area contributed by atoms with Crippen molar-refractivity contribution < 1.29 is 4.52 Å². The maximum atomic E-state index is 5.67. The van der Waals surface area contributed by atoms with Gasteiger partial charge in [0.1, 0.15) is 5.75 Å². The number of nitrogens with one attached hydrogen (secondary N) is 3. The van der Waals surface area contributed by atoms with Gasteiger partial charge in [-0.1, -0.05) is 18.2 Å². The number of hydrogen-bond acceptors (Lipinski definition) is 4. The van der Waals surface area contributed by atoms with Gasteiger partial charge in [-0.3, -0.25) is 4.86 Å². The van der Waals surface area contributed by atoms with Crippen LogP contribution in [-0.2, 0) is 0 Å². The molecule has 7 heteroatoms. The zero-order chi connectivity index (χ0) is 8.93. The Bertz CT molecular complexity index is 255. The molecule has 2 atom stereocenters. The van der Waals surface area contributed by atoms with Gasteiger partial charge in [0.2, 0.25) is 0 Å². The SMILES string of the molecule is c1ccc(OP2NPNPN2)cc1. The van der Waals surface area contributed by atoms with Crippen LogP contribution in [0.4, 0.5) is 0 Å². The first-order chi connectivity index (χ1) is 6.45. The fourth-order valence-electron chi connectivity index (χ4n) is 0.849. The summed E-state index contributed by atoms with van der Waals surface area (Å²) in [6.45, 7) is 0. The topological polar surface area (TPSA) is 45.3 Å². The summed E-state index contributed by atoms with van der Waals surface area (Å²) in [6.07, 6.45) is 0. The number of rotatable bonds is 2. The molecule has 1 aromatic carbocycles. The normalized spacial score (nSPS) is 26.3. The highest BCUT2D eigenvalue weighted by molar-refractivity contribution is 7.71. The molecule has 0 bridgehead atoms. The Balaban J connectivity index is 1.90. The zero-order valence-electron chi connectivity index (χ0n) is 6.74. The zero-order valence-corrected chi connectivity index (χ0v) is 9.64. The van der Waals surface area contributed by atoms with Gasteiger partial charge in [-0.25, -0.2) is 9.72 Å². The van der Waals surface area contributed by atoms with E-state index in [1.165, 1.54) is 0 Å². The van der Waals surface area contributed by atoms with Gasteiger partial charge in [0.15, 0.2) is 0 Å². The Morgan fingerprint density at radius 1 is 1.08 bits per heavy atom. The molecule has 0 aliphatic carbocycles. The molecule has 0 amide bonds. The number of hydrogen-bond donors (Lipinski definition) is 3. The van der Waals surface area contributed by atoms with Gasteiger partial charge in [-0.05, 0) is 12.1 Å². The molecule has 0 spiro atoms. The average molecular weight is 233 g/mol. The summed E-state index contributed by atoms with van der Waals surface area (Å²) in [7, 11) is 0.489. The molecule has 1 saturated heterocycles. The minimum Gasteiger partial charge on any atom is -0.444 e. The third-order valence-electron chi connectivity index (χ3n) is 1.38. The van der Waals surface area contributed by atoms with Crippen LogP contribution < -0.4 is 19.1 Å². The van der Waals surface area contributed by atoms with Crippen LogP contribution in [0.5, 0.6) is 5.75 Å². The van der Waals surface area contributed by atoms with Gasteiger partial charge < -0.3 is 4.52 Å². The lowest BCUT2D eigenvalue weighted by atomic mass is 10.3. The second kappa shape index (κ2) is 5.17. The van der Waals surface area contributed by atoms with Crippen molar-refractivity contribution in [3.63, 3.8) is 0 Å². The van der Waals surface area contributed by atoms with Crippen LogP contribution in [-0.4, -0.2) is 0 Å². The molecule has 2 rings (SSSR count). The van der Waals surface area contributed by atoms with Crippen molar-refractivity contribution in [1.82, 2.24) is 14.6 Å². The van der Waals surface area contributed by atoms with Gasteiger partial charge >= 0.3 is 0 Å². The summed E-state index contributed by atoms with van der Waals surface area (Å²) in [6, 6.07) is 9.83. The standard InChI is InChI=1S/C6H10N3OP3/c1-2-4-6(5-3-1)10-13-8-11-7-12-9-13/h1-5,7-9,11-12H. The van der Waals surface area contributed by atoms with Crippen LogP contribution in [0.25, 0.3) is 0 Å². The summed E-state index contributed by atoms with van der Waals surface area (Å²) < 4.78 is 5.67. The molecule has 0 aromatic heterocycles. The van der Waals surface area contributed by atoms with E-state index in [1.807, 2.05) is 30.3 Å². The van der Waals surface area contributed by atoms with Crippen molar-refractivity contribution in [3.8, 4) is 5.75 Å². The molecule has 4 nitrogen and oxygen atoms in total. The van der Waals surface area contributed by atoms with Crippen molar-refractivity contribution in [2.24, 2.45) is 0 Å². The van der Waals surface area contributed by atoms with Gasteiger partial charge in [0.05, 0.1) is 0 Å². The van der Waals surface area contributed by atoms with E-state index in [0.29, 0.717) is 17.8 Å². The van der Waals surface area contributed by atoms with Gasteiger partial charge in [-0.15, -0.1) is 0 Å². The van der Waals surface area contributed by atoms with Crippen LogP contribution in [0.3, 0.4) is 0 Å². The molecule has 1 fully saturated rings. The molecule has 1 heterocycles. The fraction of sp³-hybridized carbons (Fsp3) is 0. The monoisotopic (exact) mass is 233 g/mol. The third-order valence-corrected chi connectivity index (χ3v) is 5.29. The second-order valence-electron chi connectivity index (χ2n) is 2.30. The van der Waals surface area contributed by atoms with Crippen molar-refractivity contribution in [1.29, 1.82) is 0 Å². The Morgan fingerprint density at radius 3 is 2.46 bits per heavy atom. The van der Waals surface area contributed by atoms with Crippen LogP contribution in [0, 0.1) is 0 Å². The van der Waals surface area contributed by atoms with E-state index >= 15 is 0 Å². The molecule has 2 unspecified atom stereocenters. The minimum absolute atomic E-state index is 0.587. The van der Waals surface area contributed by atoms with Crippen LogP contribution >= 0.6 is 26.2 Å². The van der Waals surface area contributed by atoms with E-state index in [2.05, 4.69) is 14.6 Å². The highest BCUT2D eigenvalue weighted by Gasteiger charge is 2.13. The second-order valence-corrected chi connectivity index (χ2v) is 6.36. The summed E-state index contributed by atoms with van der Waals surface area (Å²) >= 11 is 0. The first kappa shape index (κ1) is 9.73. The minimum atomic E-state index is -0.686. The Kier molecular flexibility index (Phi) is 3.87. The maximum Gasteiger partial charge on any atom is 0.251 e. The van der Waals surface area contributed by atoms with Gasteiger partial charge in [-0.2, -0.15) is 0 Å². The predicted molar refractivity (Wildman–Crippen MR) is 60.0 cm³/mol. The summed E-state index contributed by atoms with van der Waals surface area (Å²) in [4.78, 5) is 9.62. The van der Waals surface area contributed by atoms with Crippen molar-refractivity contribution in [2.45, 2.75) is 0 Å². The summed E-state index contributed by atoms with van der Waals surface area (Å²) in [5.74, 6) is 0.908. The van der Waals surface area contributed by atoms with E-state index < -0.39 is 8.45 Å². The van der Waals surface area contributed by atoms with Crippen molar-refractivity contribution in [2.75, 3.05) is 0 Å². The number of benzene rings is 1. The third kappa shape index (κ3) is 3.11. The largest absolute Gasteiger partial charge is 0.444 e. The van der Waals surface area contributed by atoms with Crippen LogP contribution in [0.15, 0.2) is 30.3 Å². The average Bonchev–Trinajstić information content (AvgIpc) is 2.21. The van der Waals surface area contributed by atoms with Crippen LogP contribution in [0.2, 0.25) is 0 Å². The Hall–Kier alpha value is 0.190. The molecule has 1 aliphatic rings. The van der Waals surface area contributed by atoms with E-state index in [0.717, 1.165) is 5.75 Å². The van der Waals surface area contributed by atoms with Gasteiger partial charge in [0.25, 0.3) is 8.45 Å². The quantitative estimate of drug-likeness (QED) is 0.684. The lowest BCUT2D eigenvalue weighted by molar-refractivity contribution is 0.607. The highest BCUT2D eigenvalue weighted by atomic mass is 31.2. The first-order valence-electron chi connectivity index (χ1n) is 3.74. The lowest BCUT2D eigenvalue weighted by Crippen LogP contribution is -2.18. The molecule has 70 valence electrons. The lowest BCUT2D eigenvalue weighted by Gasteiger charge is -2.23. The molecule has 0 radical (unpaired) electrons. The van der Waals surface area contributed by atoms with E-state index in [4.69, 9.17) is 4.52 Å². The van der Waals surface area contributed by atoms with Crippen molar-refractivity contribution >= 4 is 26.2 Å². The molecule has 13 heavy (non-hydrogen) atoms. The fourth-order valence-corrected chi connectivity index (χ4v) is 4.79. The smallest absolute Gasteiger partial charge is 0.251 e. The van der Waals surface area contributed by atoms with Crippen LogP contribution in [0.1, 0.15) is 0 Å². The predicted octanol–water partition coefficient (Wildman–Crippen LogP) is 2.09. The molecular formula is C6H10N3OP3. The molecule has 3 N–H and O–H groups in total. The maximum absolute atomic E-state index is 5.67. The molecule has 1 aliphatic heterocycles. The molecule has 0 saturated carbocycles. The highest BCUT2D eigenvalue weighted by Crippen LogP contribution is 2.40. The molecule has 1 aromatic rings. The van der Waals surface area contributed by atoms with E-state index in [9.17, 15) is 0 Å². The Morgan fingerprint density at radius 2 is 1.77 bits per heavy atom. The Labute approximate surface area is 81.9 Å². The first-order valence-corrected chi connectivity index (χ1v) is 7.00. The van der Waals surface area contributed by atoms with Crippen molar-refractivity contribution in [3.05, 3.63) is 30.3 Å². The molecular weight excluding hydrogens is 223 g/mol. The summed E-state index contributed by atoms with van der Waals surface area (Å²) in [5, 5.41) is 0.